The standard InChI is InChI=1S/C9H10O5/c10-5-1-2-7(11)6(3-5)8(12)4-9(13)14/h1-3,8,10-12H,4H2,(H,13,14)/t8-/m0/s1. The number of hydrogen-bond donors (Lipinski definition) is 4. The Balaban J connectivity index is 2.93. The van der Waals surface area contributed by atoms with Crippen LogP contribution < -0.4 is 0 Å². The van der Waals surface area contributed by atoms with Gasteiger partial charge in [0.05, 0.1) is 12.5 Å². The van der Waals surface area contributed by atoms with E-state index in [1.165, 1.54) is 12.1 Å². The molecule has 0 saturated carbocycles. The zero-order chi connectivity index (χ0) is 10.7. The van der Waals surface area contributed by atoms with E-state index in [4.69, 9.17) is 10.2 Å². The lowest BCUT2D eigenvalue weighted by Gasteiger charge is -2.10. The van der Waals surface area contributed by atoms with Crippen molar-refractivity contribution in [3.8, 4) is 11.5 Å². The minimum atomic E-state index is -1.32. The average molecular weight is 198 g/mol. The van der Waals surface area contributed by atoms with Crippen LogP contribution in [0, 0.1) is 0 Å². The third-order valence-corrected chi connectivity index (χ3v) is 1.74. The zero-order valence-electron chi connectivity index (χ0n) is 7.21. The minimum Gasteiger partial charge on any atom is -0.508 e. The van der Waals surface area contributed by atoms with Gasteiger partial charge in [0.2, 0.25) is 0 Å². The highest BCUT2D eigenvalue weighted by atomic mass is 16.4. The zero-order valence-corrected chi connectivity index (χ0v) is 7.21. The van der Waals surface area contributed by atoms with Crippen molar-refractivity contribution in [1.29, 1.82) is 0 Å². The van der Waals surface area contributed by atoms with Crippen LogP contribution in [0.15, 0.2) is 18.2 Å². The summed E-state index contributed by atoms with van der Waals surface area (Å²) in [4.78, 5) is 10.3. The third kappa shape index (κ3) is 2.37. The van der Waals surface area contributed by atoms with E-state index < -0.39 is 18.5 Å². The molecule has 0 aliphatic carbocycles. The summed E-state index contributed by atoms with van der Waals surface area (Å²) in [6, 6.07) is 3.56. The molecule has 5 nitrogen and oxygen atoms in total. The van der Waals surface area contributed by atoms with Crippen LogP contribution in [0.1, 0.15) is 18.1 Å². The van der Waals surface area contributed by atoms with Crippen molar-refractivity contribution in [2.45, 2.75) is 12.5 Å². The molecule has 0 spiro atoms. The van der Waals surface area contributed by atoms with Crippen molar-refractivity contribution in [1.82, 2.24) is 0 Å². The van der Waals surface area contributed by atoms with Gasteiger partial charge in [0.25, 0.3) is 0 Å². The number of phenols is 2. The third-order valence-electron chi connectivity index (χ3n) is 1.74. The smallest absolute Gasteiger partial charge is 0.306 e. The fourth-order valence-electron chi connectivity index (χ4n) is 1.08. The van der Waals surface area contributed by atoms with Gasteiger partial charge < -0.3 is 20.4 Å². The van der Waals surface area contributed by atoms with Crippen LogP contribution in [0.4, 0.5) is 0 Å². The number of aromatic hydroxyl groups is 2. The molecule has 1 atom stereocenters. The Hall–Kier alpha value is -1.75. The Morgan fingerprint density at radius 2 is 2.00 bits per heavy atom. The summed E-state index contributed by atoms with van der Waals surface area (Å²) >= 11 is 0. The maximum absolute atomic E-state index is 10.3. The summed E-state index contributed by atoms with van der Waals surface area (Å²) < 4.78 is 0. The van der Waals surface area contributed by atoms with E-state index in [1.807, 2.05) is 0 Å². The lowest BCUT2D eigenvalue weighted by atomic mass is 10.1. The first kappa shape index (κ1) is 10.3. The molecule has 1 aromatic carbocycles. The Bertz CT molecular complexity index is 347. The first-order valence-corrected chi connectivity index (χ1v) is 3.92. The van der Waals surface area contributed by atoms with E-state index in [0.717, 1.165) is 6.07 Å². The molecule has 0 aromatic heterocycles. The van der Waals surface area contributed by atoms with E-state index in [9.17, 15) is 15.0 Å². The SMILES string of the molecule is O=C(O)C[C@H](O)c1cc(O)ccc1O. The molecule has 1 aromatic rings. The topological polar surface area (TPSA) is 98.0 Å². The van der Waals surface area contributed by atoms with Crippen LogP contribution in [0.3, 0.4) is 0 Å². The molecule has 0 radical (unpaired) electrons. The number of benzene rings is 1. The van der Waals surface area contributed by atoms with Gasteiger partial charge in [-0.05, 0) is 18.2 Å². The molecular weight excluding hydrogens is 188 g/mol. The van der Waals surface area contributed by atoms with Crippen LogP contribution >= 0.6 is 0 Å². The summed E-state index contributed by atoms with van der Waals surface area (Å²) in [7, 11) is 0. The van der Waals surface area contributed by atoms with E-state index in [2.05, 4.69) is 0 Å². The van der Waals surface area contributed by atoms with Crippen LogP contribution in [0.25, 0.3) is 0 Å². The van der Waals surface area contributed by atoms with Crippen LogP contribution in [-0.2, 0) is 4.79 Å². The van der Waals surface area contributed by atoms with Crippen molar-refractivity contribution >= 4 is 5.97 Å². The van der Waals surface area contributed by atoms with Gasteiger partial charge in [0.1, 0.15) is 11.5 Å². The van der Waals surface area contributed by atoms with Crippen molar-refractivity contribution in [3.63, 3.8) is 0 Å². The highest BCUT2D eigenvalue weighted by molar-refractivity contribution is 5.68. The van der Waals surface area contributed by atoms with E-state index in [1.54, 1.807) is 0 Å². The molecule has 5 heteroatoms. The number of carboxylic acids is 1. The van der Waals surface area contributed by atoms with Crippen LogP contribution in [0.2, 0.25) is 0 Å². The fraction of sp³-hybridized carbons (Fsp3) is 0.222. The Morgan fingerprint density at radius 3 is 2.57 bits per heavy atom. The predicted octanol–water partition coefficient (Wildman–Crippen LogP) is 0.606. The fourth-order valence-corrected chi connectivity index (χ4v) is 1.08. The molecular formula is C9H10O5. The van der Waals surface area contributed by atoms with E-state index in [0.29, 0.717) is 0 Å². The molecule has 0 heterocycles. The van der Waals surface area contributed by atoms with Crippen molar-refractivity contribution in [3.05, 3.63) is 23.8 Å². The second kappa shape index (κ2) is 3.97. The van der Waals surface area contributed by atoms with Gasteiger partial charge in [-0.2, -0.15) is 0 Å². The average Bonchev–Trinajstić information content (AvgIpc) is 2.08. The highest BCUT2D eigenvalue weighted by Crippen LogP contribution is 2.29. The number of aliphatic carboxylic acids is 1. The van der Waals surface area contributed by atoms with Gasteiger partial charge in [-0.25, -0.2) is 0 Å². The maximum atomic E-state index is 10.3. The quantitative estimate of drug-likeness (QED) is 0.533. The summed E-state index contributed by atoms with van der Waals surface area (Å²) in [5.74, 6) is -1.56. The van der Waals surface area contributed by atoms with Gasteiger partial charge >= 0.3 is 5.97 Å². The van der Waals surface area contributed by atoms with Crippen LogP contribution in [0.5, 0.6) is 11.5 Å². The molecule has 0 aliphatic heterocycles. The number of hydrogen-bond acceptors (Lipinski definition) is 4. The van der Waals surface area contributed by atoms with E-state index in [-0.39, 0.29) is 17.1 Å². The molecule has 1 rings (SSSR count). The largest absolute Gasteiger partial charge is 0.508 e. The number of carboxylic acid groups (broad SMARTS) is 1. The summed E-state index contributed by atoms with van der Waals surface area (Å²) in [6.07, 6.45) is -1.84. The molecule has 14 heavy (non-hydrogen) atoms. The lowest BCUT2D eigenvalue weighted by Crippen LogP contribution is -2.05. The van der Waals surface area contributed by atoms with Crippen molar-refractivity contribution in [2.24, 2.45) is 0 Å². The minimum absolute atomic E-state index is 0.00685. The van der Waals surface area contributed by atoms with Crippen molar-refractivity contribution < 1.29 is 25.2 Å². The normalized spacial score (nSPS) is 12.4. The number of aliphatic hydroxyl groups excluding tert-OH is 1. The Morgan fingerprint density at radius 1 is 1.36 bits per heavy atom. The Labute approximate surface area is 79.9 Å². The first-order valence-electron chi connectivity index (χ1n) is 3.92. The summed E-state index contributed by atoms with van der Waals surface area (Å²) in [5, 5.41) is 36.1. The lowest BCUT2D eigenvalue weighted by molar-refractivity contribution is -0.139. The molecule has 4 N–H and O–H groups in total. The number of rotatable bonds is 3. The monoisotopic (exact) mass is 198 g/mol. The Kier molecular flexibility index (Phi) is 2.93. The van der Waals surface area contributed by atoms with Gasteiger partial charge in [-0.3, -0.25) is 4.79 Å². The highest BCUT2D eigenvalue weighted by Gasteiger charge is 2.16. The summed E-state index contributed by atoms with van der Waals surface area (Å²) in [6.45, 7) is 0. The number of aliphatic hydroxyl groups is 1. The van der Waals surface area contributed by atoms with Gasteiger partial charge in [0.15, 0.2) is 0 Å². The van der Waals surface area contributed by atoms with Gasteiger partial charge in [-0.15, -0.1) is 0 Å². The second-order valence-corrected chi connectivity index (χ2v) is 2.86. The summed E-state index contributed by atoms with van der Waals surface area (Å²) in [5.41, 5.74) is 0.00685. The molecule has 0 fully saturated rings. The number of carbonyl (C=O) groups is 1. The molecule has 0 bridgehead atoms. The molecule has 0 amide bonds. The first-order chi connectivity index (χ1) is 6.50. The van der Waals surface area contributed by atoms with Gasteiger partial charge in [-0.1, -0.05) is 0 Å². The van der Waals surface area contributed by atoms with E-state index >= 15 is 0 Å². The second-order valence-electron chi connectivity index (χ2n) is 2.86. The molecule has 0 saturated heterocycles. The van der Waals surface area contributed by atoms with Crippen LogP contribution in [-0.4, -0.2) is 26.4 Å². The maximum Gasteiger partial charge on any atom is 0.306 e. The number of phenolic OH excluding ortho intramolecular Hbond substituents is 2. The predicted molar refractivity (Wildman–Crippen MR) is 47.0 cm³/mol. The van der Waals surface area contributed by atoms with Crippen molar-refractivity contribution in [2.75, 3.05) is 0 Å². The molecule has 76 valence electrons. The molecule has 0 aliphatic rings. The molecule has 0 unspecified atom stereocenters. The van der Waals surface area contributed by atoms with Gasteiger partial charge in [0, 0.05) is 5.56 Å².